The van der Waals surface area contributed by atoms with E-state index in [9.17, 15) is 18.3 Å². The van der Waals surface area contributed by atoms with Gasteiger partial charge in [0.15, 0.2) is 0 Å². The van der Waals surface area contributed by atoms with Crippen molar-refractivity contribution in [3.8, 4) is 11.4 Å². The molecule has 1 N–H and O–H groups in total. The van der Waals surface area contributed by atoms with E-state index in [1.807, 2.05) is 36.4 Å². The molecule has 6 rings (SSSR count). The van der Waals surface area contributed by atoms with Crippen LogP contribution < -0.4 is 4.74 Å². The molecule has 4 aromatic rings. The summed E-state index contributed by atoms with van der Waals surface area (Å²) in [7, 11) is 1.55. The number of fused-ring (bicyclic) bond motifs is 1. The van der Waals surface area contributed by atoms with E-state index in [2.05, 4.69) is 49.6 Å². The van der Waals surface area contributed by atoms with Gasteiger partial charge in [0, 0.05) is 49.7 Å². The van der Waals surface area contributed by atoms with Gasteiger partial charge in [0.05, 0.1) is 18.9 Å². The molecule has 2 fully saturated rings. The smallest absolute Gasteiger partial charge is 0.453 e. The van der Waals surface area contributed by atoms with E-state index in [1.165, 1.54) is 17.2 Å². The van der Waals surface area contributed by atoms with Crippen LogP contribution in [-0.4, -0.2) is 80.0 Å². The molecule has 2 saturated heterocycles. The summed E-state index contributed by atoms with van der Waals surface area (Å²) in [6, 6.07) is 25.8. The van der Waals surface area contributed by atoms with Gasteiger partial charge in [-0.1, -0.05) is 60.7 Å². The summed E-state index contributed by atoms with van der Waals surface area (Å²) >= 11 is 0. The zero-order valence-electron chi connectivity index (χ0n) is 23.3. The number of benzene rings is 3. The predicted octanol–water partition coefficient (Wildman–Crippen LogP) is 4.98. The number of aliphatic hydroxyl groups is 1. The molecule has 8 nitrogen and oxygen atoms in total. The van der Waals surface area contributed by atoms with E-state index in [1.54, 1.807) is 19.2 Å². The van der Waals surface area contributed by atoms with Crippen molar-refractivity contribution in [1.82, 2.24) is 30.0 Å². The summed E-state index contributed by atoms with van der Waals surface area (Å²) < 4.78 is 46.9. The van der Waals surface area contributed by atoms with Crippen molar-refractivity contribution in [2.24, 2.45) is 0 Å². The lowest BCUT2D eigenvalue weighted by Crippen LogP contribution is -2.58. The molecule has 3 aromatic carbocycles. The van der Waals surface area contributed by atoms with Crippen LogP contribution in [0, 0.1) is 0 Å². The van der Waals surface area contributed by atoms with E-state index < -0.39 is 18.1 Å². The average molecular weight is 638 g/mol. The van der Waals surface area contributed by atoms with Crippen LogP contribution in [0.4, 0.5) is 13.2 Å². The minimum Gasteiger partial charge on any atom is -0.496 e. The number of halogens is 5. The van der Waals surface area contributed by atoms with Crippen LogP contribution in [0.5, 0.6) is 5.75 Å². The molecule has 1 aromatic heterocycles. The number of ether oxygens (including phenoxy) is 1. The minimum absolute atomic E-state index is 0. The number of nitrogens with zero attached hydrogens (tertiary/aromatic N) is 6. The van der Waals surface area contributed by atoms with Crippen LogP contribution in [0.1, 0.15) is 34.9 Å². The van der Waals surface area contributed by atoms with Gasteiger partial charge >= 0.3 is 6.18 Å². The number of alkyl halides is 3. The molecule has 3 heterocycles. The third-order valence-electron chi connectivity index (χ3n) is 8.10. The third-order valence-corrected chi connectivity index (χ3v) is 8.10. The van der Waals surface area contributed by atoms with Crippen molar-refractivity contribution in [1.29, 1.82) is 0 Å². The number of rotatable bonds is 7. The highest BCUT2D eigenvalue weighted by Gasteiger charge is 2.44. The first-order valence-electron chi connectivity index (χ1n) is 13.6. The van der Waals surface area contributed by atoms with Crippen LogP contribution in [0.15, 0.2) is 78.9 Å². The van der Waals surface area contributed by atoms with Crippen LogP contribution >= 0.6 is 24.8 Å². The molecule has 13 heteroatoms. The molecule has 43 heavy (non-hydrogen) atoms. The zero-order chi connectivity index (χ0) is 28.6. The Morgan fingerprint density at radius 1 is 0.930 bits per heavy atom. The lowest BCUT2D eigenvalue weighted by molar-refractivity contribution is -0.146. The standard InChI is InChI=1S/C30H31F3N6O2.2ClH/c1-41-27-13-12-23(39-29(30(31,32)33)34-35-36-39)14-22(27)16-37-17-24-15-25(40)18-38(24)26(19-37)28(20-8-4-2-5-9-20)21-10-6-3-7-11-21;;/h2-14,24-26,28,40H,15-19H2,1H3;2*1H/t24-,25+,26+;;/m0../s1. The second-order valence-corrected chi connectivity index (χ2v) is 10.7. The highest BCUT2D eigenvalue weighted by Crippen LogP contribution is 2.38. The van der Waals surface area contributed by atoms with Gasteiger partial charge in [-0.2, -0.15) is 17.9 Å². The molecule has 0 radical (unpaired) electrons. The highest BCUT2D eigenvalue weighted by molar-refractivity contribution is 5.85. The van der Waals surface area contributed by atoms with E-state index in [0.29, 0.717) is 36.5 Å². The number of tetrazole rings is 1. The zero-order valence-corrected chi connectivity index (χ0v) is 25.0. The van der Waals surface area contributed by atoms with Crippen molar-refractivity contribution in [2.45, 2.75) is 43.2 Å². The van der Waals surface area contributed by atoms with Gasteiger partial charge in [0.1, 0.15) is 5.75 Å². The molecule has 2 aliphatic heterocycles. The largest absolute Gasteiger partial charge is 0.496 e. The number of piperazine rings is 1. The first kappa shape index (κ1) is 32.7. The first-order valence-corrected chi connectivity index (χ1v) is 13.6. The summed E-state index contributed by atoms with van der Waals surface area (Å²) in [4.78, 5) is 4.75. The maximum Gasteiger partial charge on any atom is 0.453 e. The van der Waals surface area contributed by atoms with Crippen LogP contribution in [0.2, 0.25) is 0 Å². The van der Waals surface area contributed by atoms with Gasteiger partial charge in [-0.25, -0.2) is 0 Å². The number of hydrogen-bond acceptors (Lipinski definition) is 7. The molecular weight excluding hydrogens is 604 g/mol. The number of aliphatic hydroxyl groups excluding tert-OH is 1. The molecular formula is C30H33Cl2F3N6O2. The predicted molar refractivity (Wildman–Crippen MR) is 160 cm³/mol. The Bertz CT molecular complexity index is 1440. The number of aromatic nitrogens is 4. The maximum atomic E-state index is 13.5. The van der Waals surface area contributed by atoms with Crippen molar-refractivity contribution >= 4 is 24.8 Å². The Balaban J connectivity index is 0.00000212. The summed E-state index contributed by atoms with van der Waals surface area (Å²) in [5.74, 6) is -0.545. The van der Waals surface area contributed by atoms with E-state index in [4.69, 9.17) is 4.74 Å². The summed E-state index contributed by atoms with van der Waals surface area (Å²) in [6.07, 6.45) is -4.44. The fourth-order valence-electron chi connectivity index (χ4n) is 6.43. The Kier molecular flexibility index (Phi) is 10.3. The van der Waals surface area contributed by atoms with Crippen molar-refractivity contribution < 1.29 is 23.0 Å². The fourth-order valence-corrected chi connectivity index (χ4v) is 6.43. The number of hydrogen-bond donors (Lipinski definition) is 1. The molecule has 0 saturated carbocycles. The Hall–Kier alpha value is -3.22. The van der Waals surface area contributed by atoms with Crippen molar-refractivity contribution in [3.05, 3.63) is 101 Å². The molecule has 0 bridgehead atoms. The Morgan fingerprint density at radius 2 is 1.58 bits per heavy atom. The van der Waals surface area contributed by atoms with E-state index in [0.717, 1.165) is 12.1 Å². The van der Waals surface area contributed by atoms with Gasteiger partial charge in [0.25, 0.3) is 5.82 Å². The second kappa shape index (κ2) is 13.6. The molecule has 230 valence electrons. The van der Waals surface area contributed by atoms with E-state index in [-0.39, 0.29) is 48.5 Å². The first-order chi connectivity index (χ1) is 19.8. The molecule has 0 spiro atoms. The van der Waals surface area contributed by atoms with Crippen LogP contribution in [0.25, 0.3) is 5.69 Å². The summed E-state index contributed by atoms with van der Waals surface area (Å²) in [5.41, 5.74) is 3.33. The van der Waals surface area contributed by atoms with Gasteiger partial charge in [-0.05, 0) is 46.2 Å². The number of methoxy groups -OCH3 is 1. The topological polar surface area (TPSA) is 79.5 Å². The highest BCUT2D eigenvalue weighted by atomic mass is 35.5. The Morgan fingerprint density at radius 3 is 2.19 bits per heavy atom. The molecule has 0 amide bonds. The minimum atomic E-state index is -4.69. The fraction of sp³-hybridized carbons (Fsp3) is 0.367. The third kappa shape index (κ3) is 6.81. The second-order valence-electron chi connectivity index (χ2n) is 10.7. The normalized spacial score (nSPS) is 20.7. The van der Waals surface area contributed by atoms with Crippen molar-refractivity contribution in [2.75, 3.05) is 26.7 Å². The summed E-state index contributed by atoms with van der Waals surface area (Å²) in [6.45, 7) is 2.48. The van der Waals surface area contributed by atoms with E-state index >= 15 is 0 Å². The average Bonchev–Trinajstić information content (AvgIpc) is 3.61. The molecule has 2 aliphatic rings. The van der Waals surface area contributed by atoms with Gasteiger partial charge in [-0.15, -0.1) is 29.9 Å². The summed E-state index contributed by atoms with van der Waals surface area (Å²) in [5, 5.41) is 20.7. The molecule has 3 atom stereocenters. The van der Waals surface area contributed by atoms with Crippen LogP contribution in [-0.2, 0) is 12.7 Å². The molecule has 0 unspecified atom stereocenters. The maximum absolute atomic E-state index is 13.5. The van der Waals surface area contributed by atoms with Gasteiger partial charge in [0.2, 0.25) is 0 Å². The van der Waals surface area contributed by atoms with Crippen LogP contribution in [0.3, 0.4) is 0 Å². The van der Waals surface area contributed by atoms with Gasteiger partial charge < -0.3 is 9.84 Å². The lowest BCUT2D eigenvalue weighted by atomic mass is 9.82. The quantitative estimate of drug-likeness (QED) is 0.306. The lowest BCUT2D eigenvalue weighted by Gasteiger charge is -2.47. The van der Waals surface area contributed by atoms with Gasteiger partial charge in [-0.3, -0.25) is 9.80 Å². The Labute approximate surface area is 260 Å². The monoisotopic (exact) mass is 636 g/mol. The van der Waals surface area contributed by atoms with Crippen molar-refractivity contribution in [3.63, 3.8) is 0 Å². The SMILES string of the molecule is COc1ccc(-n2nnnc2C(F)(F)F)cc1CN1C[C@@H]2C[C@@H](O)CN2[C@@H](C(c2ccccc2)c2ccccc2)C1.Cl.Cl. The molecule has 0 aliphatic carbocycles.